The van der Waals surface area contributed by atoms with Gasteiger partial charge in [-0.25, -0.2) is 4.98 Å². The van der Waals surface area contributed by atoms with Gasteiger partial charge in [0.1, 0.15) is 0 Å². The standard InChI is InChI=1S/C17H28N6S/c1-4-15-12-21-16(24-15)8-10-20-17(18-5-2)19-9-6-7-14-11-22-23(3)13-14/h11-13H,4-10H2,1-3H3,(H2,18,19,20). The third-order valence-electron chi connectivity index (χ3n) is 3.58. The van der Waals surface area contributed by atoms with E-state index in [9.17, 15) is 0 Å². The van der Waals surface area contributed by atoms with Crippen LogP contribution in [0, 0.1) is 0 Å². The maximum Gasteiger partial charge on any atom is 0.191 e. The highest BCUT2D eigenvalue weighted by molar-refractivity contribution is 7.11. The molecule has 2 heterocycles. The number of thiazole rings is 1. The number of nitrogens with one attached hydrogen (secondary N) is 2. The molecule has 7 heteroatoms. The predicted molar refractivity (Wildman–Crippen MR) is 101 cm³/mol. The highest BCUT2D eigenvalue weighted by atomic mass is 32.1. The lowest BCUT2D eigenvalue weighted by molar-refractivity contribution is 0.762. The molecule has 0 amide bonds. The van der Waals surface area contributed by atoms with E-state index in [4.69, 9.17) is 0 Å². The van der Waals surface area contributed by atoms with Gasteiger partial charge in [-0.2, -0.15) is 5.10 Å². The van der Waals surface area contributed by atoms with Gasteiger partial charge in [0, 0.05) is 50.4 Å². The van der Waals surface area contributed by atoms with E-state index >= 15 is 0 Å². The summed E-state index contributed by atoms with van der Waals surface area (Å²) in [5.41, 5.74) is 1.26. The predicted octanol–water partition coefficient (Wildman–Crippen LogP) is 2.17. The first-order valence-corrected chi connectivity index (χ1v) is 9.46. The summed E-state index contributed by atoms with van der Waals surface area (Å²) in [6, 6.07) is 0. The van der Waals surface area contributed by atoms with Crippen LogP contribution in [0.3, 0.4) is 0 Å². The number of hydrogen-bond acceptors (Lipinski definition) is 4. The molecule has 0 aliphatic rings. The Morgan fingerprint density at radius 3 is 2.79 bits per heavy atom. The van der Waals surface area contributed by atoms with Gasteiger partial charge in [-0.05, 0) is 31.7 Å². The van der Waals surface area contributed by atoms with Gasteiger partial charge in [-0.1, -0.05) is 6.92 Å². The quantitative estimate of drug-likeness (QED) is 0.414. The number of aromatic nitrogens is 3. The van der Waals surface area contributed by atoms with Crippen LogP contribution >= 0.6 is 11.3 Å². The van der Waals surface area contributed by atoms with Crippen LogP contribution in [0.15, 0.2) is 23.6 Å². The molecular weight excluding hydrogens is 320 g/mol. The van der Waals surface area contributed by atoms with Crippen molar-refractivity contribution in [1.29, 1.82) is 0 Å². The zero-order valence-corrected chi connectivity index (χ0v) is 15.7. The van der Waals surface area contributed by atoms with Crippen LogP contribution in [0.5, 0.6) is 0 Å². The van der Waals surface area contributed by atoms with Crippen molar-refractivity contribution in [2.45, 2.75) is 39.5 Å². The van der Waals surface area contributed by atoms with Gasteiger partial charge < -0.3 is 10.6 Å². The van der Waals surface area contributed by atoms with Gasteiger partial charge in [0.2, 0.25) is 0 Å². The van der Waals surface area contributed by atoms with Crippen molar-refractivity contribution in [1.82, 2.24) is 25.4 Å². The average molecular weight is 349 g/mol. The molecule has 0 fully saturated rings. The Morgan fingerprint density at radius 2 is 2.12 bits per heavy atom. The third kappa shape index (κ3) is 6.31. The second kappa shape index (κ2) is 10.1. The van der Waals surface area contributed by atoms with Gasteiger partial charge in [0.05, 0.1) is 11.2 Å². The molecule has 0 spiro atoms. The molecule has 0 aliphatic heterocycles. The Morgan fingerprint density at radius 1 is 1.25 bits per heavy atom. The van der Waals surface area contributed by atoms with Crippen LogP contribution in [-0.2, 0) is 26.3 Å². The van der Waals surface area contributed by atoms with Gasteiger partial charge in [0.15, 0.2) is 5.96 Å². The fraction of sp³-hybridized carbons (Fsp3) is 0.588. The summed E-state index contributed by atoms with van der Waals surface area (Å²) in [4.78, 5) is 10.4. The van der Waals surface area contributed by atoms with Crippen molar-refractivity contribution < 1.29 is 0 Å². The van der Waals surface area contributed by atoms with E-state index in [-0.39, 0.29) is 0 Å². The molecule has 0 saturated carbocycles. The van der Waals surface area contributed by atoms with E-state index in [0.29, 0.717) is 0 Å². The molecular formula is C17H28N6S. The van der Waals surface area contributed by atoms with E-state index in [1.165, 1.54) is 15.4 Å². The molecule has 0 aromatic carbocycles. The summed E-state index contributed by atoms with van der Waals surface area (Å²) >= 11 is 1.80. The van der Waals surface area contributed by atoms with Crippen LogP contribution in [0.1, 0.15) is 35.7 Å². The fourth-order valence-electron chi connectivity index (χ4n) is 2.33. The van der Waals surface area contributed by atoms with Crippen LogP contribution in [-0.4, -0.2) is 40.4 Å². The number of aryl methyl sites for hydroxylation is 3. The summed E-state index contributed by atoms with van der Waals surface area (Å²) in [6.07, 6.45) is 10.00. The van der Waals surface area contributed by atoms with Gasteiger partial charge in [-0.15, -0.1) is 11.3 Å². The van der Waals surface area contributed by atoms with Crippen LogP contribution < -0.4 is 10.6 Å². The molecule has 0 radical (unpaired) electrons. The molecule has 0 aliphatic carbocycles. The largest absolute Gasteiger partial charge is 0.357 e. The lowest BCUT2D eigenvalue weighted by atomic mass is 10.2. The van der Waals surface area contributed by atoms with Crippen LogP contribution in [0.2, 0.25) is 0 Å². The minimum Gasteiger partial charge on any atom is -0.357 e. The average Bonchev–Trinajstić information content (AvgIpc) is 3.20. The topological polar surface area (TPSA) is 67.1 Å². The number of guanidine groups is 1. The SMILES string of the molecule is CCNC(=NCCCc1cnn(C)c1)NCCc1ncc(CC)s1. The normalized spacial score (nSPS) is 11.7. The van der Waals surface area contributed by atoms with Gasteiger partial charge in [-0.3, -0.25) is 9.67 Å². The Kier molecular flexibility index (Phi) is 7.74. The molecule has 2 aromatic heterocycles. The maximum atomic E-state index is 4.64. The van der Waals surface area contributed by atoms with E-state index in [2.05, 4.69) is 45.8 Å². The zero-order chi connectivity index (χ0) is 17.2. The second-order valence-corrected chi connectivity index (χ2v) is 6.84. The number of aliphatic imine (C=N–C) groups is 1. The molecule has 0 atom stereocenters. The van der Waals surface area contributed by atoms with Gasteiger partial charge in [0.25, 0.3) is 0 Å². The van der Waals surface area contributed by atoms with Crippen molar-refractivity contribution in [3.05, 3.63) is 34.0 Å². The van der Waals surface area contributed by atoms with Crippen LogP contribution in [0.25, 0.3) is 0 Å². The molecule has 2 rings (SSSR count). The van der Waals surface area contributed by atoms with Crippen molar-refractivity contribution in [3.63, 3.8) is 0 Å². The first kappa shape index (κ1) is 18.4. The molecule has 2 aromatic rings. The summed E-state index contributed by atoms with van der Waals surface area (Å²) in [6.45, 7) is 6.77. The zero-order valence-electron chi connectivity index (χ0n) is 14.9. The smallest absolute Gasteiger partial charge is 0.191 e. The molecule has 2 N–H and O–H groups in total. The maximum absolute atomic E-state index is 4.64. The minimum atomic E-state index is 0.807. The first-order chi connectivity index (χ1) is 11.7. The van der Waals surface area contributed by atoms with Crippen LogP contribution in [0.4, 0.5) is 0 Å². The van der Waals surface area contributed by atoms with Crippen molar-refractivity contribution in [2.75, 3.05) is 19.6 Å². The Balaban J connectivity index is 1.71. The molecule has 0 bridgehead atoms. The fourth-order valence-corrected chi connectivity index (χ4v) is 3.19. The molecule has 0 unspecified atom stereocenters. The Bertz CT molecular complexity index is 631. The van der Waals surface area contributed by atoms with E-state index in [0.717, 1.165) is 51.3 Å². The minimum absolute atomic E-state index is 0.807. The highest BCUT2D eigenvalue weighted by Crippen LogP contribution is 2.13. The molecule has 24 heavy (non-hydrogen) atoms. The van der Waals surface area contributed by atoms with Gasteiger partial charge >= 0.3 is 0 Å². The first-order valence-electron chi connectivity index (χ1n) is 8.64. The van der Waals surface area contributed by atoms with Crippen molar-refractivity contribution in [2.24, 2.45) is 12.0 Å². The van der Waals surface area contributed by atoms with E-state index < -0.39 is 0 Å². The molecule has 132 valence electrons. The molecule has 6 nitrogen and oxygen atoms in total. The van der Waals surface area contributed by atoms with Crippen molar-refractivity contribution in [3.8, 4) is 0 Å². The third-order valence-corrected chi connectivity index (χ3v) is 4.78. The highest BCUT2D eigenvalue weighted by Gasteiger charge is 2.02. The summed E-state index contributed by atoms with van der Waals surface area (Å²) in [7, 11) is 1.95. The van der Waals surface area contributed by atoms with E-state index in [1.807, 2.05) is 24.1 Å². The van der Waals surface area contributed by atoms with E-state index in [1.54, 1.807) is 11.3 Å². The monoisotopic (exact) mass is 348 g/mol. The lowest BCUT2D eigenvalue weighted by Gasteiger charge is -2.10. The lowest BCUT2D eigenvalue weighted by Crippen LogP contribution is -2.38. The summed E-state index contributed by atoms with van der Waals surface area (Å²) < 4.78 is 1.84. The molecule has 0 saturated heterocycles. The summed E-state index contributed by atoms with van der Waals surface area (Å²) in [5.74, 6) is 0.885. The second-order valence-electron chi connectivity index (χ2n) is 5.64. The Labute approximate surface area is 148 Å². The van der Waals surface area contributed by atoms with Crippen molar-refractivity contribution >= 4 is 17.3 Å². The number of hydrogen-bond donors (Lipinski definition) is 2. The number of rotatable bonds is 9. The Hall–Kier alpha value is -1.89. The summed E-state index contributed by atoms with van der Waals surface area (Å²) in [5, 5.41) is 12.1. The number of nitrogens with zero attached hydrogens (tertiary/aromatic N) is 4.